The molecule has 0 bridgehead atoms. The molecule has 0 aromatic heterocycles. The summed E-state index contributed by atoms with van der Waals surface area (Å²) in [5.41, 5.74) is 7.39. The Morgan fingerprint density at radius 2 is 1.95 bits per heavy atom. The molecule has 20 heavy (non-hydrogen) atoms. The quantitative estimate of drug-likeness (QED) is 0.824. The predicted molar refractivity (Wildman–Crippen MR) is 75.0 cm³/mol. The van der Waals surface area contributed by atoms with Crippen LogP contribution in [0, 0.1) is 0 Å². The molecule has 2 N–H and O–H groups in total. The van der Waals surface area contributed by atoms with Gasteiger partial charge in [-0.2, -0.15) is 0 Å². The molecule has 108 valence electrons. The van der Waals surface area contributed by atoms with Gasteiger partial charge in [-0.25, -0.2) is 0 Å². The predicted octanol–water partition coefficient (Wildman–Crippen LogP) is 1.18. The van der Waals surface area contributed by atoms with Crippen molar-refractivity contribution in [2.75, 3.05) is 32.0 Å². The number of carbonyl (C=O) groups is 1. The number of ether oxygens (including phenoxy) is 2. The average molecular weight is 276 g/mol. The summed E-state index contributed by atoms with van der Waals surface area (Å²) in [5.74, 6) is -0.281. The first kappa shape index (κ1) is 13.4. The van der Waals surface area contributed by atoms with Crippen LogP contribution in [0.2, 0.25) is 0 Å². The maximum atomic E-state index is 12.3. The van der Waals surface area contributed by atoms with Crippen molar-refractivity contribution in [3.63, 3.8) is 0 Å². The van der Waals surface area contributed by atoms with Crippen LogP contribution in [0.25, 0.3) is 0 Å². The molecule has 0 saturated carbocycles. The minimum atomic E-state index is -0.423. The lowest BCUT2D eigenvalue weighted by Crippen LogP contribution is -2.47. The topological polar surface area (TPSA) is 64.8 Å². The van der Waals surface area contributed by atoms with E-state index in [0.29, 0.717) is 38.4 Å². The van der Waals surface area contributed by atoms with Crippen LogP contribution in [-0.4, -0.2) is 42.9 Å². The van der Waals surface area contributed by atoms with Gasteiger partial charge in [-0.3, -0.25) is 4.79 Å². The highest BCUT2D eigenvalue weighted by Crippen LogP contribution is 2.31. The summed E-state index contributed by atoms with van der Waals surface area (Å²) >= 11 is 0. The highest BCUT2D eigenvalue weighted by Gasteiger charge is 2.40. The lowest BCUT2D eigenvalue weighted by atomic mass is 10.0. The molecular formula is C15H20N2O3. The maximum absolute atomic E-state index is 12.3. The van der Waals surface area contributed by atoms with Crippen LogP contribution in [0.5, 0.6) is 0 Å². The summed E-state index contributed by atoms with van der Waals surface area (Å²) in [6.07, 6.45) is 1.92. The van der Waals surface area contributed by atoms with Gasteiger partial charge in [-0.15, -0.1) is 0 Å². The number of nitrogen functional groups attached to an aromatic ring is 1. The number of nitrogens with two attached hydrogens (primary N) is 1. The van der Waals surface area contributed by atoms with E-state index in [0.717, 1.165) is 18.4 Å². The van der Waals surface area contributed by atoms with Crippen LogP contribution in [0.15, 0.2) is 24.3 Å². The van der Waals surface area contributed by atoms with Crippen LogP contribution in [0.1, 0.15) is 18.4 Å². The van der Waals surface area contributed by atoms with E-state index in [1.165, 1.54) is 0 Å². The van der Waals surface area contributed by atoms with Crippen LogP contribution < -0.4 is 5.73 Å². The van der Waals surface area contributed by atoms with Crippen molar-refractivity contribution in [3.05, 3.63) is 29.8 Å². The minimum Gasteiger partial charge on any atom is -0.399 e. The number of hydrogen-bond acceptors (Lipinski definition) is 4. The zero-order valence-corrected chi connectivity index (χ0v) is 11.5. The molecule has 0 unspecified atom stereocenters. The Kier molecular flexibility index (Phi) is 3.63. The molecule has 0 aliphatic carbocycles. The first-order valence-electron chi connectivity index (χ1n) is 7.07. The van der Waals surface area contributed by atoms with Gasteiger partial charge in [0.25, 0.3) is 0 Å². The van der Waals surface area contributed by atoms with Crippen molar-refractivity contribution >= 4 is 11.6 Å². The Hall–Kier alpha value is -1.59. The van der Waals surface area contributed by atoms with Crippen molar-refractivity contribution in [1.82, 2.24) is 4.90 Å². The van der Waals surface area contributed by atoms with Crippen LogP contribution >= 0.6 is 0 Å². The highest BCUT2D eigenvalue weighted by molar-refractivity contribution is 5.79. The zero-order valence-electron chi connectivity index (χ0n) is 11.5. The van der Waals surface area contributed by atoms with Gasteiger partial charge >= 0.3 is 0 Å². The zero-order chi connectivity index (χ0) is 14.0. The third-order valence-corrected chi connectivity index (χ3v) is 4.00. The van der Waals surface area contributed by atoms with Gasteiger partial charge in [0, 0.05) is 31.6 Å². The summed E-state index contributed by atoms with van der Waals surface area (Å²) in [4.78, 5) is 14.2. The molecule has 1 aromatic carbocycles. The van der Waals surface area contributed by atoms with Crippen LogP contribution in [0.4, 0.5) is 5.69 Å². The van der Waals surface area contributed by atoms with Gasteiger partial charge in [0.15, 0.2) is 5.79 Å². The molecule has 2 saturated heterocycles. The Morgan fingerprint density at radius 3 is 2.60 bits per heavy atom. The molecule has 0 radical (unpaired) electrons. The molecule has 2 fully saturated rings. The molecule has 3 rings (SSSR count). The maximum Gasteiger partial charge on any atom is 0.226 e. The number of nitrogens with zero attached hydrogens (tertiary/aromatic N) is 1. The van der Waals surface area contributed by atoms with Crippen LogP contribution in [0.3, 0.4) is 0 Å². The number of likely N-dealkylation sites (tertiary alicyclic amines) is 1. The van der Waals surface area contributed by atoms with E-state index in [9.17, 15) is 4.79 Å². The first-order valence-corrected chi connectivity index (χ1v) is 7.07. The number of rotatable bonds is 2. The van der Waals surface area contributed by atoms with Gasteiger partial charge in [0.1, 0.15) is 0 Å². The van der Waals surface area contributed by atoms with Crippen molar-refractivity contribution < 1.29 is 14.3 Å². The molecule has 5 heteroatoms. The van der Waals surface area contributed by atoms with Crippen LogP contribution in [-0.2, 0) is 20.7 Å². The number of anilines is 1. The van der Waals surface area contributed by atoms with E-state index in [1.54, 1.807) is 0 Å². The normalized spacial score (nSPS) is 21.3. The van der Waals surface area contributed by atoms with E-state index >= 15 is 0 Å². The molecular weight excluding hydrogens is 256 g/mol. The van der Waals surface area contributed by atoms with Gasteiger partial charge in [-0.05, 0) is 17.7 Å². The summed E-state index contributed by atoms with van der Waals surface area (Å²) < 4.78 is 11.3. The summed E-state index contributed by atoms with van der Waals surface area (Å²) in [6, 6.07) is 7.49. The smallest absolute Gasteiger partial charge is 0.226 e. The number of hydrogen-bond donors (Lipinski definition) is 1. The summed E-state index contributed by atoms with van der Waals surface area (Å²) in [5, 5.41) is 0. The van der Waals surface area contributed by atoms with Crippen molar-refractivity contribution in [1.29, 1.82) is 0 Å². The monoisotopic (exact) mass is 276 g/mol. The molecule has 2 aliphatic heterocycles. The second-order valence-corrected chi connectivity index (χ2v) is 5.41. The fourth-order valence-electron chi connectivity index (χ4n) is 2.87. The Morgan fingerprint density at radius 1 is 1.25 bits per heavy atom. The third kappa shape index (κ3) is 2.78. The molecule has 0 atom stereocenters. The first-order chi connectivity index (χ1) is 9.67. The molecule has 1 spiro atoms. The van der Waals surface area contributed by atoms with E-state index in [4.69, 9.17) is 15.2 Å². The molecule has 2 heterocycles. The van der Waals surface area contributed by atoms with Crippen molar-refractivity contribution in [2.45, 2.75) is 25.0 Å². The third-order valence-electron chi connectivity index (χ3n) is 4.00. The Balaban J connectivity index is 1.56. The second kappa shape index (κ2) is 5.42. The molecule has 5 nitrogen and oxygen atoms in total. The van der Waals surface area contributed by atoms with Crippen molar-refractivity contribution in [2.24, 2.45) is 0 Å². The van der Waals surface area contributed by atoms with E-state index in [2.05, 4.69) is 0 Å². The van der Waals surface area contributed by atoms with Gasteiger partial charge in [0.2, 0.25) is 5.91 Å². The SMILES string of the molecule is Nc1cccc(CC(=O)N2CCC3(CC2)OCCO3)c1. The Labute approximate surface area is 118 Å². The lowest BCUT2D eigenvalue weighted by molar-refractivity contribution is -0.187. The number of carbonyl (C=O) groups excluding carboxylic acids is 1. The van der Waals surface area contributed by atoms with Gasteiger partial charge < -0.3 is 20.1 Å². The summed E-state index contributed by atoms with van der Waals surface area (Å²) in [6.45, 7) is 2.72. The fourth-order valence-corrected chi connectivity index (χ4v) is 2.87. The standard InChI is InChI=1S/C15H20N2O3/c16-13-3-1-2-12(10-13)11-14(18)17-6-4-15(5-7-17)19-8-9-20-15/h1-3,10H,4-9,11,16H2. The van der Waals surface area contributed by atoms with Gasteiger partial charge in [-0.1, -0.05) is 12.1 Å². The summed E-state index contributed by atoms with van der Waals surface area (Å²) in [7, 11) is 0. The number of amides is 1. The lowest BCUT2D eigenvalue weighted by Gasteiger charge is -2.37. The minimum absolute atomic E-state index is 0.142. The fraction of sp³-hybridized carbons (Fsp3) is 0.533. The molecule has 1 amide bonds. The number of piperidine rings is 1. The molecule has 2 aliphatic rings. The van der Waals surface area contributed by atoms with E-state index in [-0.39, 0.29) is 5.91 Å². The Bertz CT molecular complexity index is 488. The van der Waals surface area contributed by atoms with Crippen molar-refractivity contribution in [3.8, 4) is 0 Å². The largest absolute Gasteiger partial charge is 0.399 e. The molecule has 1 aromatic rings. The highest BCUT2D eigenvalue weighted by atomic mass is 16.7. The van der Waals surface area contributed by atoms with E-state index in [1.807, 2.05) is 29.2 Å². The number of benzene rings is 1. The van der Waals surface area contributed by atoms with E-state index < -0.39 is 5.79 Å². The van der Waals surface area contributed by atoms with Gasteiger partial charge in [0.05, 0.1) is 19.6 Å². The second-order valence-electron chi connectivity index (χ2n) is 5.41. The average Bonchev–Trinajstić information content (AvgIpc) is 2.88.